The maximum Gasteiger partial charge on any atom is 0.354 e. The molecule has 0 aliphatic heterocycles. The van der Waals surface area contributed by atoms with E-state index in [0.717, 1.165) is 0 Å². The van der Waals surface area contributed by atoms with Crippen LogP contribution in [-0.2, 0) is 14.3 Å². The number of nitrogens with one attached hydrogen (secondary N) is 1. The van der Waals surface area contributed by atoms with Crippen LogP contribution in [0.4, 0.5) is 0 Å². The highest BCUT2D eigenvalue weighted by atomic mass is 16.5. The topological polar surface area (TPSA) is 55.4 Å². The Kier molecular flexibility index (Phi) is 3.95. The highest BCUT2D eigenvalue weighted by molar-refractivity contribution is 5.89. The molecule has 0 aliphatic carbocycles. The molecule has 0 spiro atoms. The summed E-state index contributed by atoms with van der Waals surface area (Å²) in [5.41, 5.74) is 0.150. The van der Waals surface area contributed by atoms with Gasteiger partial charge in [-0.25, -0.2) is 4.79 Å². The average Bonchev–Trinajstić information content (AvgIpc) is 1.99. The number of amides is 1. The summed E-state index contributed by atoms with van der Waals surface area (Å²) in [5.74, 6) is -0.547. The molecule has 4 nitrogen and oxygen atoms in total. The van der Waals surface area contributed by atoms with Crippen molar-refractivity contribution in [3.63, 3.8) is 0 Å². The zero-order valence-electron chi connectivity index (χ0n) is 5.88. The third kappa shape index (κ3) is 2.30. The maximum atomic E-state index is 10.6. The first-order chi connectivity index (χ1) is 4.76. The van der Waals surface area contributed by atoms with Crippen molar-refractivity contribution < 1.29 is 14.3 Å². The molecule has 0 rings (SSSR count). The highest BCUT2D eigenvalue weighted by Gasteiger charge is 2.04. The van der Waals surface area contributed by atoms with Crippen LogP contribution >= 0.6 is 0 Å². The second-order valence-corrected chi connectivity index (χ2v) is 1.46. The first kappa shape index (κ1) is 8.68. The van der Waals surface area contributed by atoms with Crippen LogP contribution in [-0.4, -0.2) is 19.5 Å². The highest BCUT2D eigenvalue weighted by Crippen LogP contribution is 1.89. The summed E-state index contributed by atoms with van der Waals surface area (Å²) >= 11 is 0. The fourth-order valence-corrected chi connectivity index (χ4v) is 0.434. The molecule has 10 heavy (non-hydrogen) atoms. The van der Waals surface area contributed by atoms with E-state index >= 15 is 0 Å². The lowest BCUT2D eigenvalue weighted by atomic mass is 10.4. The van der Waals surface area contributed by atoms with E-state index in [-0.39, 0.29) is 5.70 Å². The SMILES string of the molecule is C/C=C(/NC=O)C(=O)OC. The van der Waals surface area contributed by atoms with Gasteiger partial charge in [-0.3, -0.25) is 4.79 Å². The number of ether oxygens (including phenoxy) is 1. The fourth-order valence-electron chi connectivity index (χ4n) is 0.434. The molecular weight excluding hydrogens is 134 g/mol. The van der Waals surface area contributed by atoms with Gasteiger partial charge in [0.05, 0.1) is 7.11 Å². The molecule has 0 aromatic carbocycles. The Morgan fingerprint density at radius 2 is 2.20 bits per heavy atom. The molecular formula is C6H9NO3. The van der Waals surface area contributed by atoms with Crippen LogP contribution in [0.3, 0.4) is 0 Å². The van der Waals surface area contributed by atoms with Crippen molar-refractivity contribution in [3.8, 4) is 0 Å². The van der Waals surface area contributed by atoms with Crippen molar-refractivity contribution in [1.82, 2.24) is 5.32 Å². The van der Waals surface area contributed by atoms with Gasteiger partial charge in [-0.05, 0) is 6.92 Å². The monoisotopic (exact) mass is 143 g/mol. The summed E-state index contributed by atoms with van der Waals surface area (Å²) in [7, 11) is 1.25. The summed E-state index contributed by atoms with van der Waals surface area (Å²) in [6.07, 6.45) is 1.88. The van der Waals surface area contributed by atoms with Gasteiger partial charge >= 0.3 is 5.97 Å². The number of methoxy groups -OCH3 is 1. The van der Waals surface area contributed by atoms with E-state index in [2.05, 4.69) is 10.1 Å². The van der Waals surface area contributed by atoms with Crippen LogP contribution in [0.15, 0.2) is 11.8 Å². The van der Waals surface area contributed by atoms with E-state index in [1.165, 1.54) is 13.2 Å². The molecule has 0 atom stereocenters. The minimum absolute atomic E-state index is 0.150. The summed E-state index contributed by atoms with van der Waals surface area (Å²) in [4.78, 5) is 20.5. The van der Waals surface area contributed by atoms with Crippen LogP contribution in [0, 0.1) is 0 Å². The second-order valence-electron chi connectivity index (χ2n) is 1.46. The maximum absolute atomic E-state index is 10.6. The van der Waals surface area contributed by atoms with Gasteiger partial charge in [0.25, 0.3) is 0 Å². The number of hydrogen-bond donors (Lipinski definition) is 1. The predicted molar refractivity (Wildman–Crippen MR) is 35.0 cm³/mol. The molecule has 0 heterocycles. The molecule has 0 aliphatic rings. The zero-order valence-corrected chi connectivity index (χ0v) is 5.88. The lowest BCUT2D eigenvalue weighted by Crippen LogP contribution is -2.19. The molecule has 0 aromatic heterocycles. The molecule has 0 fully saturated rings. The Morgan fingerprint density at radius 3 is 2.50 bits per heavy atom. The van der Waals surface area contributed by atoms with Gasteiger partial charge in [0.15, 0.2) is 0 Å². The summed E-state index contributed by atoms with van der Waals surface area (Å²) in [5, 5.41) is 2.19. The van der Waals surface area contributed by atoms with Gasteiger partial charge in [-0.2, -0.15) is 0 Å². The quantitative estimate of drug-likeness (QED) is 0.338. The van der Waals surface area contributed by atoms with Gasteiger partial charge in [-0.15, -0.1) is 0 Å². The van der Waals surface area contributed by atoms with Gasteiger partial charge in [0.2, 0.25) is 6.41 Å². The molecule has 0 saturated carbocycles. The molecule has 1 N–H and O–H groups in total. The molecule has 4 heteroatoms. The zero-order chi connectivity index (χ0) is 7.98. The van der Waals surface area contributed by atoms with Crippen LogP contribution in [0.25, 0.3) is 0 Å². The number of carbonyl (C=O) groups is 2. The van der Waals surface area contributed by atoms with Crippen LogP contribution in [0.1, 0.15) is 6.92 Å². The summed E-state index contributed by atoms with van der Waals surface area (Å²) in [6, 6.07) is 0. The van der Waals surface area contributed by atoms with Crippen molar-refractivity contribution >= 4 is 12.4 Å². The lowest BCUT2D eigenvalue weighted by Gasteiger charge is -1.99. The normalized spacial score (nSPS) is 10.4. The van der Waals surface area contributed by atoms with E-state index in [1.807, 2.05) is 0 Å². The Hall–Kier alpha value is -1.32. The van der Waals surface area contributed by atoms with Crippen molar-refractivity contribution in [2.75, 3.05) is 7.11 Å². The predicted octanol–water partition coefficient (Wildman–Crippen LogP) is -0.191. The second kappa shape index (κ2) is 4.55. The van der Waals surface area contributed by atoms with Crippen molar-refractivity contribution in [1.29, 1.82) is 0 Å². The Labute approximate surface area is 58.9 Å². The lowest BCUT2D eigenvalue weighted by molar-refractivity contribution is -0.137. The van der Waals surface area contributed by atoms with E-state index in [0.29, 0.717) is 6.41 Å². The standard InChI is InChI=1S/C6H9NO3/c1-3-5(7-4-8)6(9)10-2/h3-4H,1-2H3,(H,7,8)/b5-3+. The van der Waals surface area contributed by atoms with Gasteiger partial charge in [0, 0.05) is 0 Å². The number of allylic oxidation sites excluding steroid dienone is 1. The van der Waals surface area contributed by atoms with Crippen LogP contribution < -0.4 is 5.32 Å². The van der Waals surface area contributed by atoms with E-state index in [9.17, 15) is 9.59 Å². The van der Waals surface area contributed by atoms with Crippen molar-refractivity contribution in [2.24, 2.45) is 0 Å². The molecule has 0 saturated heterocycles. The van der Waals surface area contributed by atoms with E-state index in [4.69, 9.17) is 0 Å². The van der Waals surface area contributed by atoms with Crippen molar-refractivity contribution in [3.05, 3.63) is 11.8 Å². The smallest absolute Gasteiger partial charge is 0.354 e. The van der Waals surface area contributed by atoms with Gasteiger partial charge in [-0.1, -0.05) is 6.08 Å². The van der Waals surface area contributed by atoms with Gasteiger partial charge < -0.3 is 10.1 Å². The van der Waals surface area contributed by atoms with Crippen LogP contribution in [0.2, 0.25) is 0 Å². The number of esters is 1. The van der Waals surface area contributed by atoms with Crippen LogP contribution in [0.5, 0.6) is 0 Å². The third-order valence-electron chi connectivity index (χ3n) is 0.908. The van der Waals surface area contributed by atoms with E-state index in [1.54, 1.807) is 6.92 Å². The van der Waals surface area contributed by atoms with Gasteiger partial charge in [0.1, 0.15) is 5.70 Å². The summed E-state index contributed by atoms with van der Waals surface area (Å²) in [6.45, 7) is 1.63. The molecule has 0 unspecified atom stereocenters. The average molecular weight is 143 g/mol. The number of carbonyl (C=O) groups excluding carboxylic acids is 2. The Balaban J connectivity index is 4.08. The third-order valence-corrected chi connectivity index (χ3v) is 0.908. The first-order valence-corrected chi connectivity index (χ1v) is 2.71. The largest absolute Gasteiger partial charge is 0.464 e. The minimum Gasteiger partial charge on any atom is -0.464 e. The molecule has 56 valence electrons. The Morgan fingerprint density at radius 1 is 1.60 bits per heavy atom. The molecule has 0 aromatic rings. The number of rotatable bonds is 3. The minimum atomic E-state index is -0.547. The fraction of sp³-hybridized carbons (Fsp3) is 0.333. The summed E-state index contributed by atoms with van der Waals surface area (Å²) < 4.78 is 4.33. The van der Waals surface area contributed by atoms with Crippen molar-refractivity contribution in [2.45, 2.75) is 6.92 Å². The first-order valence-electron chi connectivity index (χ1n) is 2.71. The number of hydrogen-bond acceptors (Lipinski definition) is 3. The van der Waals surface area contributed by atoms with E-state index < -0.39 is 5.97 Å². The molecule has 0 radical (unpaired) electrons. The Bertz CT molecular complexity index is 162. The molecule has 1 amide bonds. The molecule has 0 bridgehead atoms.